The Labute approximate surface area is 153 Å². The molecule has 134 valence electrons. The van der Waals surface area contributed by atoms with Gasteiger partial charge in [0, 0.05) is 30.3 Å². The second kappa shape index (κ2) is 10.6. The van der Waals surface area contributed by atoms with Crippen molar-refractivity contribution in [3.8, 4) is 0 Å². The number of benzene rings is 1. The van der Waals surface area contributed by atoms with Crippen molar-refractivity contribution in [3.63, 3.8) is 0 Å². The lowest BCUT2D eigenvalue weighted by Crippen LogP contribution is -2.39. The van der Waals surface area contributed by atoms with Gasteiger partial charge in [0.2, 0.25) is 0 Å². The molecule has 0 unspecified atom stereocenters. The summed E-state index contributed by atoms with van der Waals surface area (Å²) in [5.41, 5.74) is 0.570. The Morgan fingerprint density at radius 3 is 2.67 bits per heavy atom. The molecule has 0 aromatic heterocycles. The van der Waals surface area contributed by atoms with Crippen molar-refractivity contribution in [2.24, 2.45) is 0 Å². The highest BCUT2D eigenvalue weighted by molar-refractivity contribution is 7.99. The van der Waals surface area contributed by atoms with Gasteiger partial charge in [-0.3, -0.25) is 0 Å². The maximum absolute atomic E-state index is 12.4. The zero-order valence-corrected chi connectivity index (χ0v) is 16.2. The van der Waals surface area contributed by atoms with Gasteiger partial charge >= 0.3 is 6.09 Å². The first-order valence-corrected chi connectivity index (χ1v) is 9.59. The predicted octanol–water partition coefficient (Wildman–Crippen LogP) is 4.44. The van der Waals surface area contributed by atoms with E-state index in [1.54, 1.807) is 16.7 Å². The van der Waals surface area contributed by atoms with Crippen LogP contribution in [0, 0.1) is 0 Å². The van der Waals surface area contributed by atoms with Crippen LogP contribution in [0.4, 0.5) is 4.79 Å². The van der Waals surface area contributed by atoms with Crippen LogP contribution in [0.15, 0.2) is 24.3 Å². The summed E-state index contributed by atoms with van der Waals surface area (Å²) in [6.07, 6.45) is 1.87. The molecule has 0 aliphatic heterocycles. The summed E-state index contributed by atoms with van der Waals surface area (Å²) < 4.78 is 5.49. The van der Waals surface area contributed by atoms with Crippen LogP contribution in [0.1, 0.15) is 32.8 Å². The van der Waals surface area contributed by atoms with E-state index in [0.717, 1.165) is 29.8 Å². The Morgan fingerprint density at radius 2 is 2.04 bits per heavy atom. The van der Waals surface area contributed by atoms with Gasteiger partial charge in [-0.25, -0.2) is 4.79 Å². The number of hydrogen-bond donors (Lipinski definition) is 0. The molecule has 6 heteroatoms. The normalized spacial score (nSPS) is 11.2. The van der Waals surface area contributed by atoms with E-state index in [1.165, 1.54) is 0 Å². The molecule has 0 fully saturated rings. The van der Waals surface area contributed by atoms with Gasteiger partial charge in [-0.1, -0.05) is 23.7 Å². The second-order valence-electron chi connectivity index (χ2n) is 6.42. The third kappa shape index (κ3) is 9.18. The third-order valence-electron chi connectivity index (χ3n) is 3.10. The SMILES string of the molecule is CC(C)(C)OC(=O)N(CCSCCC=O)CCc1cccc(Cl)c1. The van der Waals surface area contributed by atoms with Crippen LogP contribution in [0.3, 0.4) is 0 Å². The number of carbonyl (C=O) groups is 2. The molecule has 0 radical (unpaired) electrons. The number of nitrogens with zero attached hydrogens (tertiary/aromatic N) is 1. The highest BCUT2D eigenvalue weighted by atomic mass is 35.5. The van der Waals surface area contributed by atoms with Crippen LogP contribution < -0.4 is 0 Å². The molecule has 24 heavy (non-hydrogen) atoms. The van der Waals surface area contributed by atoms with Gasteiger partial charge < -0.3 is 14.4 Å². The van der Waals surface area contributed by atoms with Crippen molar-refractivity contribution in [2.75, 3.05) is 24.6 Å². The molecular formula is C18H26ClNO3S. The largest absolute Gasteiger partial charge is 0.444 e. The molecule has 4 nitrogen and oxygen atoms in total. The fourth-order valence-corrected chi connectivity index (χ4v) is 3.02. The number of carbonyl (C=O) groups excluding carboxylic acids is 2. The van der Waals surface area contributed by atoms with Crippen molar-refractivity contribution < 1.29 is 14.3 Å². The number of thioether (sulfide) groups is 1. The van der Waals surface area contributed by atoms with Crippen molar-refractivity contribution in [2.45, 2.75) is 39.2 Å². The monoisotopic (exact) mass is 371 g/mol. The van der Waals surface area contributed by atoms with Crippen LogP contribution in [0.5, 0.6) is 0 Å². The Bertz CT molecular complexity index is 531. The Kier molecular flexibility index (Phi) is 9.22. The molecule has 0 bridgehead atoms. The molecule has 0 atom stereocenters. The number of hydrogen-bond acceptors (Lipinski definition) is 4. The van der Waals surface area contributed by atoms with Crippen LogP contribution in [-0.2, 0) is 16.0 Å². The predicted molar refractivity (Wildman–Crippen MR) is 101 cm³/mol. The van der Waals surface area contributed by atoms with E-state index >= 15 is 0 Å². The van der Waals surface area contributed by atoms with Crippen molar-refractivity contribution in [3.05, 3.63) is 34.9 Å². The minimum atomic E-state index is -0.518. The zero-order valence-electron chi connectivity index (χ0n) is 14.6. The summed E-state index contributed by atoms with van der Waals surface area (Å²) >= 11 is 7.67. The highest BCUT2D eigenvalue weighted by Crippen LogP contribution is 2.14. The summed E-state index contributed by atoms with van der Waals surface area (Å²) in [5.74, 6) is 1.56. The molecule has 1 rings (SSSR count). The molecule has 0 N–H and O–H groups in total. The van der Waals surface area contributed by atoms with Gasteiger partial charge in [0.25, 0.3) is 0 Å². The van der Waals surface area contributed by atoms with Gasteiger partial charge in [0.15, 0.2) is 0 Å². The molecule has 0 aliphatic rings. The van der Waals surface area contributed by atoms with Gasteiger partial charge in [-0.05, 0) is 50.6 Å². The number of halogens is 1. The summed E-state index contributed by atoms with van der Waals surface area (Å²) in [6.45, 7) is 6.75. The van der Waals surface area contributed by atoms with E-state index in [9.17, 15) is 9.59 Å². The maximum atomic E-state index is 12.4. The van der Waals surface area contributed by atoms with E-state index in [0.29, 0.717) is 24.5 Å². The van der Waals surface area contributed by atoms with Gasteiger partial charge in [0.1, 0.15) is 11.9 Å². The maximum Gasteiger partial charge on any atom is 0.410 e. The van der Waals surface area contributed by atoms with Crippen molar-refractivity contribution in [1.82, 2.24) is 4.90 Å². The van der Waals surface area contributed by atoms with Gasteiger partial charge in [-0.15, -0.1) is 0 Å². The Balaban J connectivity index is 2.58. The number of rotatable bonds is 9. The zero-order chi connectivity index (χ0) is 18.0. The average molecular weight is 372 g/mol. The first-order chi connectivity index (χ1) is 11.3. The molecule has 0 aliphatic carbocycles. The molecule has 0 heterocycles. The van der Waals surface area contributed by atoms with Crippen LogP contribution >= 0.6 is 23.4 Å². The van der Waals surface area contributed by atoms with E-state index < -0.39 is 5.60 Å². The molecule has 0 saturated heterocycles. The molecule has 1 aromatic carbocycles. The quantitative estimate of drug-likeness (QED) is 0.475. The van der Waals surface area contributed by atoms with E-state index in [2.05, 4.69) is 0 Å². The summed E-state index contributed by atoms with van der Waals surface area (Å²) in [5, 5.41) is 0.695. The van der Waals surface area contributed by atoms with Crippen molar-refractivity contribution >= 4 is 35.7 Å². The molecule has 1 amide bonds. The minimum Gasteiger partial charge on any atom is -0.444 e. The molecule has 0 spiro atoms. The molecular weight excluding hydrogens is 346 g/mol. The molecule has 0 saturated carbocycles. The lowest BCUT2D eigenvalue weighted by atomic mass is 10.1. The lowest BCUT2D eigenvalue weighted by Gasteiger charge is -2.27. The average Bonchev–Trinajstić information content (AvgIpc) is 2.48. The second-order valence-corrected chi connectivity index (χ2v) is 8.08. The first kappa shape index (κ1) is 20.8. The highest BCUT2D eigenvalue weighted by Gasteiger charge is 2.21. The summed E-state index contributed by atoms with van der Waals surface area (Å²) in [4.78, 5) is 24.4. The summed E-state index contributed by atoms with van der Waals surface area (Å²) in [6, 6.07) is 7.65. The van der Waals surface area contributed by atoms with Crippen LogP contribution in [0.25, 0.3) is 0 Å². The van der Waals surface area contributed by atoms with Crippen LogP contribution in [0.2, 0.25) is 5.02 Å². The molecule has 1 aromatic rings. The number of amides is 1. The van der Waals surface area contributed by atoms with Crippen molar-refractivity contribution in [1.29, 1.82) is 0 Å². The third-order valence-corrected chi connectivity index (χ3v) is 4.33. The smallest absolute Gasteiger partial charge is 0.410 e. The summed E-state index contributed by atoms with van der Waals surface area (Å²) in [7, 11) is 0. The van der Waals surface area contributed by atoms with E-state index in [-0.39, 0.29) is 6.09 Å². The Morgan fingerprint density at radius 1 is 1.29 bits per heavy atom. The van der Waals surface area contributed by atoms with E-state index in [1.807, 2.05) is 45.0 Å². The first-order valence-electron chi connectivity index (χ1n) is 8.05. The topological polar surface area (TPSA) is 46.6 Å². The van der Waals surface area contributed by atoms with Gasteiger partial charge in [-0.2, -0.15) is 11.8 Å². The fraction of sp³-hybridized carbons (Fsp3) is 0.556. The number of ether oxygens (including phenoxy) is 1. The number of aldehydes is 1. The standard InChI is InChI=1S/C18H26ClNO3S/c1-18(2,3)23-17(22)20(10-13-24-12-5-11-21)9-8-15-6-4-7-16(19)14-15/h4,6-7,11,14H,5,8-10,12-13H2,1-3H3. The van der Waals surface area contributed by atoms with Gasteiger partial charge in [0.05, 0.1) is 0 Å². The fourth-order valence-electron chi connectivity index (χ4n) is 1.99. The van der Waals surface area contributed by atoms with E-state index in [4.69, 9.17) is 16.3 Å². The minimum absolute atomic E-state index is 0.305. The Hall–Kier alpha value is -1.20. The van der Waals surface area contributed by atoms with Crippen LogP contribution in [-0.4, -0.2) is 47.5 Å². The lowest BCUT2D eigenvalue weighted by molar-refractivity contribution is -0.107.